The number of halogens is 2. The number of benzene rings is 1. The van der Waals surface area contributed by atoms with Gasteiger partial charge >= 0.3 is 0 Å². The van der Waals surface area contributed by atoms with Crippen LogP contribution in [0.25, 0.3) is 0 Å². The minimum absolute atomic E-state index is 0.0595. The number of rotatable bonds is 3. The fourth-order valence-corrected chi connectivity index (χ4v) is 2.23. The zero-order chi connectivity index (χ0) is 11.5. The van der Waals surface area contributed by atoms with Gasteiger partial charge in [0.25, 0.3) is 0 Å². The molecular formula is C12H11BrClNO. The second-order valence-corrected chi connectivity index (χ2v) is 4.74. The summed E-state index contributed by atoms with van der Waals surface area (Å²) in [5.74, 6) is 0.861. The highest BCUT2D eigenvalue weighted by atomic mass is 79.9. The van der Waals surface area contributed by atoms with Gasteiger partial charge in [-0.1, -0.05) is 23.7 Å². The lowest BCUT2D eigenvalue weighted by atomic mass is 10.2. The van der Waals surface area contributed by atoms with Gasteiger partial charge in [0.1, 0.15) is 5.76 Å². The SMILES string of the molecule is CC(Nc1ccccc1Cl)c1occc1Br. The first-order chi connectivity index (χ1) is 7.68. The van der Waals surface area contributed by atoms with Crippen molar-refractivity contribution in [2.75, 3.05) is 5.32 Å². The molecule has 0 aliphatic carbocycles. The minimum Gasteiger partial charge on any atom is -0.466 e. The average Bonchev–Trinajstić information content (AvgIpc) is 2.68. The lowest BCUT2D eigenvalue weighted by Crippen LogP contribution is -2.06. The monoisotopic (exact) mass is 299 g/mol. The predicted molar refractivity (Wildman–Crippen MR) is 69.9 cm³/mol. The first-order valence-electron chi connectivity index (χ1n) is 4.92. The van der Waals surface area contributed by atoms with Crippen molar-refractivity contribution in [2.45, 2.75) is 13.0 Å². The highest BCUT2D eigenvalue weighted by molar-refractivity contribution is 9.10. The van der Waals surface area contributed by atoms with Crippen LogP contribution in [0.2, 0.25) is 5.02 Å². The number of furan rings is 1. The van der Waals surface area contributed by atoms with E-state index in [1.165, 1.54) is 0 Å². The predicted octanol–water partition coefficient (Wildman–Crippen LogP) is 4.87. The Bertz CT molecular complexity index is 483. The van der Waals surface area contributed by atoms with E-state index in [0.29, 0.717) is 5.02 Å². The number of para-hydroxylation sites is 1. The third-order valence-electron chi connectivity index (χ3n) is 2.28. The van der Waals surface area contributed by atoms with E-state index in [9.17, 15) is 0 Å². The Morgan fingerprint density at radius 3 is 2.69 bits per heavy atom. The van der Waals surface area contributed by atoms with Crippen molar-refractivity contribution in [3.63, 3.8) is 0 Å². The molecule has 0 saturated carbocycles. The summed E-state index contributed by atoms with van der Waals surface area (Å²) in [4.78, 5) is 0. The summed E-state index contributed by atoms with van der Waals surface area (Å²) in [5.41, 5.74) is 0.903. The molecule has 1 atom stereocenters. The minimum atomic E-state index is 0.0595. The Balaban J connectivity index is 2.17. The molecule has 0 spiro atoms. The Morgan fingerprint density at radius 2 is 2.06 bits per heavy atom. The molecule has 0 fully saturated rings. The van der Waals surface area contributed by atoms with Gasteiger partial charge in [0.15, 0.2) is 0 Å². The van der Waals surface area contributed by atoms with Crippen molar-refractivity contribution in [2.24, 2.45) is 0 Å². The second kappa shape index (κ2) is 4.93. The van der Waals surface area contributed by atoms with E-state index in [1.807, 2.05) is 37.3 Å². The summed E-state index contributed by atoms with van der Waals surface area (Å²) in [5, 5.41) is 4.00. The van der Waals surface area contributed by atoms with E-state index in [0.717, 1.165) is 15.9 Å². The van der Waals surface area contributed by atoms with Crippen molar-refractivity contribution in [3.8, 4) is 0 Å². The van der Waals surface area contributed by atoms with Gasteiger partial charge in [0, 0.05) is 0 Å². The number of anilines is 1. The molecule has 1 aromatic heterocycles. The smallest absolute Gasteiger partial charge is 0.139 e. The van der Waals surface area contributed by atoms with Crippen molar-refractivity contribution < 1.29 is 4.42 Å². The normalized spacial score (nSPS) is 12.4. The molecule has 1 unspecified atom stereocenters. The molecule has 0 aliphatic heterocycles. The van der Waals surface area contributed by atoms with Crippen molar-refractivity contribution in [1.82, 2.24) is 0 Å². The third-order valence-corrected chi connectivity index (χ3v) is 3.27. The van der Waals surface area contributed by atoms with Crippen molar-refractivity contribution >= 4 is 33.2 Å². The summed E-state index contributed by atoms with van der Waals surface area (Å²) < 4.78 is 6.34. The fraction of sp³-hybridized carbons (Fsp3) is 0.167. The van der Waals surface area contributed by atoms with E-state index < -0.39 is 0 Å². The molecular weight excluding hydrogens is 289 g/mol. The Morgan fingerprint density at radius 1 is 1.31 bits per heavy atom. The third kappa shape index (κ3) is 2.42. The van der Waals surface area contributed by atoms with Gasteiger partial charge in [-0.25, -0.2) is 0 Å². The molecule has 0 amide bonds. The Labute approximate surface area is 108 Å². The van der Waals surface area contributed by atoms with Crippen LogP contribution in [0.15, 0.2) is 45.5 Å². The lowest BCUT2D eigenvalue weighted by Gasteiger charge is -2.14. The van der Waals surface area contributed by atoms with Gasteiger partial charge in [-0.3, -0.25) is 0 Å². The Hall–Kier alpha value is -0.930. The molecule has 2 nitrogen and oxygen atoms in total. The van der Waals surface area contributed by atoms with Gasteiger partial charge < -0.3 is 9.73 Å². The van der Waals surface area contributed by atoms with Gasteiger partial charge in [-0.05, 0) is 41.1 Å². The quantitative estimate of drug-likeness (QED) is 0.875. The van der Waals surface area contributed by atoms with Crippen molar-refractivity contribution in [3.05, 3.63) is 51.9 Å². The molecule has 1 heterocycles. The highest BCUT2D eigenvalue weighted by Gasteiger charge is 2.13. The topological polar surface area (TPSA) is 25.2 Å². The molecule has 0 bridgehead atoms. The maximum absolute atomic E-state index is 6.06. The highest BCUT2D eigenvalue weighted by Crippen LogP contribution is 2.29. The van der Waals surface area contributed by atoms with Crippen LogP contribution in [-0.2, 0) is 0 Å². The Kier molecular flexibility index (Phi) is 3.56. The molecule has 84 valence electrons. The molecule has 0 saturated heterocycles. The van der Waals surface area contributed by atoms with Gasteiger partial charge in [0.2, 0.25) is 0 Å². The molecule has 4 heteroatoms. The maximum Gasteiger partial charge on any atom is 0.139 e. The van der Waals surface area contributed by atoms with Crippen LogP contribution >= 0.6 is 27.5 Å². The van der Waals surface area contributed by atoms with E-state index in [1.54, 1.807) is 6.26 Å². The average molecular weight is 301 g/mol. The standard InChI is InChI=1S/C12H11BrClNO/c1-8(12-9(13)6-7-16-12)15-11-5-3-2-4-10(11)14/h2-8,15H,1H3. The van der Waals surface area contributed by atoms with Crippen LogP contribution in [0.1, 0.15) is 18.7 Å². The van der Waals surface area contributed by atoms with Crippen LogP contribution < -0.4 is 5.32 Å². The fourth-order valence-electron chi connectivity index (χ4n) is 1.49. The molecule has 2 aromatic rings. The number of hydrogen-bond donors (Lipinski definition) is 1. The van der Waals surface area contributed by atoms with Crippen LogP contribution in [0.5, 0.6) is 0 Å². The first-order valence-corrected chi connectivity index (χ1v) is 6.09. The molecule has 0 radical (unpaired) electrons. The lowest BCUT2D eigenvalue weighted by molar-refractivity contribution is 0.488. The molecule has 0 aliphatic rings. The first kappa shape index (κ1) is 11.6. The van der Waals surface area contributed by atoms with E-state index in [4.69, 9.17) is 16.0 Å². The number of nitrogens with one attached hydrogen (secondary N) is 1. The summed E-state index contributed by atoms with van der Waals surface area (Å²) in [6, 6.07) is 9.58. The summed E-state index contributed by atoms with van der Waals surface area (Å²) >= 11 is 9.50. The van der Waals surface area contributed by atoms with E-state index in [2.05, 4.69) is 21.2 Å². The summed E-state index contributed by atoms with van der Waals surface area (Å²) in [6.45, 7) is 2.02. The summed E-state index contributed by atoms with van der Waals surface area (Å²) in [7, 11) is 0. The summed E-state index contributed by atoms with van der Waals surface area (Å²) in [6.07, 6.45) is 1.66. The zero-order valence-corrected chi connectivity index (χ0v) is 11.0. The zero-order valence-electron chi connectivity index (χ0n) is 8.71. The van der Waals surface area contributed by atoms with Crippen LogP contribution in [0.4, 0.5) is 5.69 Å². The van der Waals surface area contributed by atoms with E-state index in [-0.39, 0.29) is 6.04 Å². The largest absolute Gasteiger partial charge is 0.466 e. The van der Waals surface area contributed by atoms with Gasteiger partial charge in [0.05, 0.1) is 27.5 Å². The second-order valence-electron chi connectivity index (χ2n) is 3.48. The molecule has 1 N–H and O–H groups in total. The molecule has 2 rings (SSSR count). The van der Waals surface area contributed by atoms with Crippen LogP contribution in [0, 0.1) is 0 Å². The van der Waals surface area contributed by atoms with Gasteiger partial charge in [-0.15, -0.1) is 0 Å². The molecule has 16 heavy (non-hydrogen) atoms. The van der Waals surface area contributed by atoms with Crippen molar-refractivity contribution in [1.29, 1.82) is 0 Å². The molecule has 1 aromatic carbocycles. The van der Waals surface area contributed by atoms with E-state index >= 15 is 0 Å². The van der Waals surface area contributed by atoms with Crippen LogP contribution in [0.3, 0.4) is 0 Å². The van der Waals surface area contributed by atoms with Crippen LogP contribution in [-0.4, -0.2) is 0 Å². The van der Waals surface area contributed by atoms with Gasteiger partial charge in [-0.2, -0.15) is 0 Å². The number of hydrogen-bond acceptors (Lipinski definition) is 2. The maximum atomic E-state index is 6.06.